The molecule has 1 aromatic carbocycles. The molecule has 10 heteroatoms. The van der Waals surface area contributed by atoms with Crippen molar-refractivity contribution in [2.45, 2.75) is 12.1 Å². The van der Waals surface area contributed by atoms with Gasteiger partial charge in [0, 0.05) is 16.8 Å². The van der Waals surface area contributed by atoms with E-state index in [-0.39, 0.29) is 11.7 Å². The zero-order valence-corrected chi connectivity index (χ0v) is 18.3. The average Bonchev–Trinajstić information content (AvgIpc) is 3.53. The number of fused-ring (bicyclic) bond motifs is 3. The summed E-state index contributed by atoms with van der Waals surface area (Å²) in [6, 6.07) is 11.5. The van der Waals surface area contributed by atoms with Gasteiger partial charge < -0.3 is 14.5 Å². The van der Waals surface area contributed by atoms with Gasteiger partial charge in [-0.25, -0.2) is 4.98 Å². The van der Waals surface area contributed by atoms with Crippen LogP contribution in [0.3, 0.4) is 0 Å². The summed E-state index contributed by atoms with van der Waals surface area (Å²) >= 11 is 2.67. The van der Waals surface area contributed by atoms with E-state index in [0.29, 0.717) is 21.7 Å². The maximum atomic E-state index is 12.5. The second-order valence-corrected chi connectivity index (χ2v) is 8.54. The van der Waals surface area contributed by atoms with Gasteiger partial charge in [0.1, 0.15) is 11.4 Å². The Morgan fingerprint density at radius 3 is 3.00 bits per heavy atom. The Morgan fingerprint density at radius 1 is 1.29 bits per heavy atom. The molecule has 0 aliphatic carbocycles. The number of thioether (sulfide) groups is 1. The Balaban J connectivity index is 1.36. The van der Waals surface area contributed by atoms with E-state index in [1.165, 1.54) is 23.1 Å². The molecule has 0 aliphatic heterocycles. The van der Waals surface area contributed by atoms with E-state index < -0.39 is 0 Å². The molecule has 0 saturated heterocycles. The molecule has 5 aromatic rings. The minimum atomic E-state index is -0.170. The van der Waals surface area contributed by atoms with Crippen LogP contribution in [-0.2, 0) is 4.79 Å². The maximum Gasteiger partial charge on any atom is 0.236 e. The molecule has 4 heterocycles. The van der Waals surface area contributed by atoms with Crippen LogP contribution in [0.1, 0.15) is 5.56 Å². The molecular weight excluding hydrogens is 434 g/mol. The highest BCUT2D eigenvalue weighted by atomic mass is 32.2. The molecule has 8 nitrogen and oxygen atoms in total. The number of amides is 1. The Kier molecular flexibility index (Phi) is 5.08. The molecule has 5 rings (SSSR count). The maximum absolute atomic E-state index is 12.5. The van der Waals surface area contributed by atoms with Crippen LogP contribution < -0.4 is 10.1 Å². The predicted octanol–water partition coefficient (Wildman–Crippen LogP) is 4.65. The van der Waals surface area contributed by atoms with Crippen molar-refractivity contribution in [3.63, 3.8) is 0 Å². The molecule has 0 unspecified atom stereocenters. The number of aromatic nitrogens is 4. The van der Waals surface area contributed by atoms with Gasteiger partial charge in [-0.1, -0.05) is 11.8 Å². The van der Waals surface area contributed by atoms with Crippen molar-refractivity contribution in [1.29, 1.82) is 0 Å². The number of anilines is 1. The molecule has 0 bridgehead atoms. The lowest BCUT2D eigenvalue weighted by Crippen LogP contribution is -2.14. The van der Waals surface area contributed by atoms with Crippen molar-refractivity contribution in [3.8, 4) is 17.2 Å². The van der Waals surface area contributed by atoms with Crippen LogP contribution >= 0.6 is 23.1 Å². The fourth-order valence-corrected chi connectivity index (χ4v) is 4.74. The Bertz CT molecular complexity index is 1390. The number of carbonyl (C=O) groups excluding carboxylic acids is 1. The third-order valence-corrected chi connectivity index (χ3v) is 6.42. The molecule has 0 saturated carbocycles. The topological polar surface area (TPSA) is 94.5 Å². The summed E-state index contributed by atoms with van der Waals surface area (Å²) in [7, 11) is 1.64. The first-order chi connectivity index (χ1) is 15.1. The molecule has 31 heavy (non-hydrogen) atoms. The lowest BCUT2D eigenvalue weighted by Gasteiger charge is -2.09. The number of nitrogens with zero attached hydrogens (tertiary/aromatic N) is 4. The van der Waals surface area contributed by atoms with Gasteiger partial charge in [-0.15, -0.1) is 21.5 Å². The van der Waals surface area contributed by atoms with Crippen molar-refractivity contribution in [2.75, 3.05) is 18.2 Å². The third kappa shape index (κ3) is 3.75. The summed E-state index contributed by atoms with van der Waals surface area (Å²) < 4.78 is 12.7. The standard InChI is InChI=1S/C21H17N5O3S2/c1-12-8-18-24-25-21(26(18)16-9-13(28-2)5-6-14(12)16)31-11-19(27)23-20-22-15(10-30-20)17-4-3-7-29-17/h3-10H,11H2,1-2H3,(H,22,23,27). The normalized spacial score (nSPS) is 11.3. The first-order valence-corrected chi connectivity index (χ1v) is 11.2. The molecule has 156 valence electrons. The largest absolute Gasteiger partial charge is 0.497 e. The van der Waals surface area contributed by atoms with Gasteiger partial charge in [-0.3, -0.25) is 9.20 Å². The van der Waals surface area contributed by atoms with Gasteiger partial charge in [0.05, 0.1) is 24.6 Å². The van der Waals surface area contributed by atoms with Crippen molar-refractivity contribution >= 4 is 50.7 Å². The second kappa shape index (κ2) is 8.05. The van der Waals surface area contributed by atoms with Crippen LogP contribution in [0.2, 0.25) is 0 Å². The van der Waals surface area contributed by atoms with Crippen LogP contribution in [0.25, 0.3) is 28.0 Å². The Labute approximate surface area is 185 Å². The molecule has 0 atom stereocenters. The third-order valence-electron chi connectivity index (χ3n) is 4.73. The van der Waals surface area contributed by atoms with Gasteiger partial charge in [0.25, 0.3) is 0 Å². The summed E-state index contributed by atoms with van der Waals surface area (Å²) in [5.41, 5.74) is 3.45. The number of aryl methyl sites for hydroxylation is 1. The number of benzene rings is 1. The van der Waals surface area contributed by atoms with Gasteiger partial charge in [0.2, 0.25) is 5.91 Å². The number of carbonyl (C=O) groups is 1. The average molecular weight is 452 g/mol. The van der Waals surface area contributed by atoms with Gasteiger partial charge in [-0.2, -0.15) is 0 Å². The van der Waals surface area contributed by atoms with Gasteiger partial charge in [-0.05, 0) is 42.8 Å². The van der Waals surface area contributed by atoms with Crippen LogP contribution in [0.15, 0.2) is 57.6 Å². The first kappa shape index (κ1) is 19.6. The zero-order chi connectivity index (χ0) is 21.4. The molecular formula is C21H17N5O3S2. The number of hydrogen-bond donors (Lipinski definition) is 1. The quantitative estimate of drug-likeness (QED) is 0.376. The summed E-state index contributed by atoms with van der Waals surface area (Å²) in [6.07, 6.45) is 1.59. The van der Waals surface area contributed by atoms with E-state index in [2.05, 4.69) is 20.5 Å². The van der Waals surface area contributed by atoms with Crippen molar-refractivity contribution in [2.24, 2.45) is 0 Å². The lowest BCUT2D eigenvalue weighted by molar-refractivity contribution is -0.113. The zero-order valence-electron chi connectivity index (χ0n) is 16.7. The number of ether oxygens (including phenoxy) is 1. The highest BCUT2D eigenvalue weighted by molar-refractivity contribution is 7.99. The Hall–Kier alpha value is -3.37. The minimum Gasteiger partial charge on any atom is -0.497 e. The minimum absolute atomic E-state index is 0.170. The first-order valence-electron chi connectivity index (χ1n) is 9.37. The van der Waals surface area contributed by atoms with Crippen LogP contribution in [0, 0.1) is 6.92 Å². The monoisotopic (exact) mass is 451 g/mol. The fourth-order valence-electron chi connectivity index (χ4n) is 3.28. The molecule has 0 spiro atoms. The predicted molar refractivity (Wildman–Crippen MR) is 121 cm³/mol. The second-order valence-electron chi connectivity index (χ2n) is 6.74. The van der Waals surface area contributed by atoms with Crippen LogP contribution in [0.5, 0.6) is 5.75 Å². The number of methoxy groups -OCH3 is 1. The fraction of sp³-hybridized carbons (Fsp3) is 0.143. The summed E-state index contributed by atoms with van der Waals surface area (Å²) in [5, 5.41) is 15.5. The number of nitrogens with one attached hydrogen (secondary N) is 1. The van der Waals surface area contributed by atoms with Gasteiger partial charge >= 0.3 is 0 Å². The molecule has 0 fully saturated rings. The van der Waals surface area contributed by atoms with Crippen molar-refractivity contribution in [1.82, 2.24) is 19.6 Å². The van der Waals surface area contributed by atoms with E-state index in [4.69, 9.17) is 9.15 Å². The van der Waals surface area contributed by atoms with Crippen molar-refractivity contribution < 1.29 is 13.9 Å². The van der Waals surface area contributed by atoms with E-state index >= 15 is 0 Å². The van der Waals surface area contributed by atoms with Gasteiger partial charge in [0.15, 0.2) is 21.7 Å². The van der Waals surface area contributed by atoms with E-state index in [1.807, 2.05) is 47.0 Å². The molecule has 1 N–H and O–H groups in total. The highest BCUT2D eigenvalue weighted by Gasteiger charge is 2.15. The SMILES string of the molecule is COc1ccc2c(C)cc3nnc(SCC(=O)Nc4nc(-c5ccco5)cs4)n3c2c1. The molecule has 0 radical (unpaired) electrons. The molecule has 1 amide bonds. The number of pyridine rings is 1. The molecule has 4 aromatic heterocycles. The summed E-state index contributed by atoms with van der Waals surface area (Å²) in [4.78, 5) is 16.9. The summed E-state index contributed by atoms with van der Waals surface area (Å²) in [6.45, 7) is 2.04. The lowest BCUT2D eigenvalue weighted by atomic mass is 10.1. The smallest absolute Gasteiger partial charge is 0.236 e. The van der Waals surface area contributed by atoms with Crippen molar-refractivity contribution in [3.05, 3.63) is 53.6 Å². The van der Waals surface area contributed by atoms with Crippen LogP contribution in [0.4, 0.5) is 5.13 Å². The number of thiazole rings is 1. The number of rotatable bonds is 6. The Morgan fingerprint density at radius 2 is 2.19 bits per heavy atom. The van der Waals surface area contributed by atoms with E-state index in [0.717, 1.165) is 27.9 Å². The number of furan rings is 1. The highest BCUT2D eigenvalue weighted by Crippen LogP contribution is 2.29. The number of hydrogen-bond acceptors (Lipinski definition) is 8. The molecule has 0 aliphatic rings. The van der Waals surface area contributed by atoms with Crippen LogP contribution in [-0.4, -0.2) is 38.4 Å². The van der Waals surface area contributed by atoms with E-state index in [9.17, 15) is 4.79 Å². The summed E-state index contributed by atoms with van der Waals surface area (Å²) in [5.74, 6) is 1.42. The van der Waals surface area contributed by atoms with E-state index in [1.54, 1.807) is 19.4 Å².